The van der Waals surface area contributed by atoms with E-state index in [4.69, 9.17) is 0 Å². The molecule has 0 aromatic carbocycles. The molecule has 5 heteroatoms. The number of nitrogens with one attached hydrogen (secondary N) is 1. The minimum absolute atomic E-state index is 0.163. The van der Waals surface area contributed by atoms with Gasteiger partial charge in [-0.3, -0.25) is 0 Å². The molecule has 2 aromatic rings. The van der Waals surface area contributed by atoms with Gasteiger partial charge >= 0.3 is 0 Å². The van der Waals surface area contributed by atoms with Crippen LogP contribution in [0.1, 0.15) is 26.5 Å². The van der Waals surface area contributed by atoms with Crippen molar-refractivity contribution in [2.45, 2.75) is 39.9 Å². The zero-order valence-electron chi connectivity index (χ0n) is 12.2. The topological polar surface area (TPSA) is 42.7 Å². The van der Waals surface area contributed by atoms with Crippen LogP contribution in [0.2, 0.25) is 0 Å². The van der Waals surface area contributed by atoms with E-state index in [-0.39, 0.29) is 5.41 Å². The van der Waals surface area contributed by atoms with Crippen LogP contribution in [0.3, 0.4) is 0 Å². The van der Waals surface area contributed by atoms with E-state index in [1.807, 2.05) is 36.9 Å². The Balaban J connectivity index is 2.01. The van der Waals surface area contributed by atoms with Gasteiger partial charge in [0.1, 0.15) is 4.60 Å². The van der Waals surface area contributed by atoms with E-state index in [2.05, 4.69) is 56.6 Å². The van der Waals surface area contributed by atoms with E-state index in [9.17, 15) is 0 Å². The zero-order chi connectivity index (χ0) is 14.6. The first-order valence-electron chi connectivity index (χ1n) is 6.76. The van der Waals surface area contributed by atoms with Gasteiger partial charge in [0, 0.05) is 31.5 Å². The Kier molecular flexibility index (Phi) is 4.94. The molecule has 2 aromatic heterocycles. The molecule has 108 valence electrons. The normalized spacial score (nSPS) is 13.4. The second-order valence-corrected chi connectivity index (χ2v) is 6.82. The highest BCUT2D eigenvalue weighted by Gasteiger charge is 2.24. The molecule has 2 heterocycles. The number of aromatic nitrogens is 3. The number of nitrogens with zero attached hydrogens (tertiary/aromatic N) is 3. The highest BCUT2D eigenvalue weighted by molar-refractivity contribution is 9.10. The van der Waals surface area contributed by atoms with Crippen molar-refractivity contribution in [2.75, 3.05) is 0 Å². The highest BCUT2D eigenvalue weighted by Crippen LogP contribution is 2.21. The van der Waals surface area contributed by atoms with Crippen molar-refractivity contribution in [3.63, 3.8) is 0 Å². The van der Waals surface area contributed by atoms with Gasteiger partial charge in [-0.05, 0) is 33.5 Å². The van der Waals surface area contributed by atoms with Crippen molar-refractivity contribution in [3.05, 3.63) is 47.2 Å². The third-order valence-electron chi connectivity index (χ3n) is 3.30. The van der Waals surface area contributed by atoms with Gasteiger partial charge in [0.25, 0.3) is 0 Å². The van der Waals surface area contributed by atoms with Gasteiger partial charge in [-0.15, -0.1) is 0 Å². The van der Waals surface area contributed by atoms with Crippen LogP contribution in [0.4, 0.5) is 0 Å². The molecule has 1 atom stereocenters. The lowest BCUT2D eigenvalue weighted by Crippen LogP contribution is -2.43. The summed E-state index contributed by atoms with van der Waals surface area (Å²) in [7, 11) is 0. The second kappa shape index (κ2) is 6.50. The van der Waals surface area contributed by atoms with Gasteiger partial charge in [0.05, 0.1) is 12.0 Å². The molecule has 20 heavy (non-hydrogen) atoms. The van der Waals surface area contributed by atoms with Crippen molar-refractivity contribution >= 4 is 15.9 Å². The molecule has 0 spiro atoms. The van der Waals surface area contributed by atoms with E-state index in [0.29, 0.717) is 6.04 Å². The third kappa shape index (κ3) is 4.42. The Morgan fingerprint density at radius 3 is 2.75 bits per heavy atom. The van der Waals surface area contributed by atoms with Crippen LogP contribution < -0.4 is 5.32 Å². The summed E-state index contributed by atoms with van der Waals surface area (Å²) in [6.07, 6.45) is 5.67. The summed E-state index contributed by atoms with van der Waals surface area (Å²) < 4.78 is 2.98. The molecule has 0 aliphatic heterocycles. The monoisotopic (exact) mass is 336 g/mol. The Hall–Kier alpha value is -1.20. The fourth-order valence-corrected chi connectivity index (χ4v) is 2.41. The molecule has 0 bridgehead atoms. The summed E-state index contributed by atoms with van der Waals surface area (Å²) in [6, 6.07) is 6.33. The Morgan fingerprint density at radius 1 is 1.35 bits per heavy atom. The maximum absolute atomic E-state index is 4.46. The van der Waals surface area contributed by atoms with Crippen LogP contribution in [0, 0.1) is 5.41 Å². The minimum Gasteiger partial charge on any atom is -0.336 e. The Bertz CT molecular complexity index is 531. The molecule has 0 aliphatic carbocycles. The predicted octanol–water partition coefficient (Wildman–Crippen LogP) is 3.25. The Morgan fingerprint density at radius 2 is 2.15 bits per heavy atom. The molecular formula is C15H21BrN4. The summed E-state index contributed by atoms with van der Waals surface area (Å²) in [4.78, 5) is 8.56. The van der Waals surface area contributed by atoms with Crippen molar-refractivity contribution in [1.82, 2.24) is 19.9 Å². The average molecular weight is 337 g/mol. The van der Waals surface area contributed by atoms with Crippen molar-refractivity contribution < 1.29 is 0 Å². The fourth-order valence-electron chi connectivity index (χ4n) is 2.03. The minimum atomic E-state index is 0.163. The predicted molar refractivity (Wildman–Crippen MR) is 84.2 cm³/mol. The van der Waals surface area contributed by atoms with Gasteiger partial charge in [-0.25, -0.2) is 9.97 Å². The number of imidazole rings is 1. The number of halogens is 1. The van der Waals surface area contributed by atoms with Gasteiger partial charge in [0.2, 0.25) is 0 Å². The lowest BCUT2D eigenvalue weighted by Gasteiger charge is -2.32. The molecule has 0 radical (unpaired) electrons. The van der Waals surface area contributed by atoms with Crippen LogP contribution in [0.25, 0.3) is 0 Å². The van der Waals surface area contributed by atoms with Crippen molar-refractivity contribution in [3.8, 4) is 0 Å². The highest BCUT2D eigenvalue weighted by atomic mass is 79.9. The van der Waals surface area contributed by atoms with Gasteiger partial charge in [-0.2, -0.15) is 0 Å². The summed E-state index contributed by atoms with van der Waals surface area (Å²) >= 11 is 3.41. The van der Waals surface area contributed by atoms with E-state index in [1.54, 1.807) is 0 Å². The van der Waals surface area contributed by atoms with E-state index >= 15 is 0 Å². The summed E-state index contributed by atoms with van der Waals surface area (Å²) in [5, 5.41) is 3.61. The summed E-state index contributed by atoms with van der Waals surface area (Å²) in [6.45, 7) is 8.40. The molecular weight excluding hydrogens is 316 g/mol. The van der Waals surface area contributed by atoms with E-state index < -0.39 is 0 Å². The number of pyridine rings is 1. The molecule has 0 saturated carbocycles. The van der Waals surface area contributed by atoms with Gasteiger partial charge < -0.3 is 9.88 Å². The number of rotatable bonds is 5. The third-order valence-corrected chi connectivity index (χ3v) is 3.74. The first-order valence-corrected chi connectivity index (χ1v) is 7.55. The molecule has 0 saturated heterocycles. The quantitative estimate of drug-likeness (QED) is 0.852. The standard InChI is InChI=1S/C15H21BrN4/c1-15(2,3)13(10-20-8-7-17-11-20)18-9-12-5-4-6-14(16)19-12/h4-8,11,13,18H,9-10H2,1-3H3. The molecule has 0 fully saturated rings. The summed E-state index contributed by atoms with van der Waals surface area (Å²) in [5.41, 5.74) is 1.20. The van der Waals surface area contributed by atoms with E-state index in [0.717, 1.165) is 23.4 Å². The maximum Gasteiger partial charge on any atom is 0.106 e. The molecule has 2 rings (SSSR count). The van der Waals surface area contributed by atoms with Gasteiger partial charge in [0.15, 0.2) is 0 Å². The first kappa shape index (κ1) is 15.2. The fraction of sp³-hybridized carbons (Fsp3) is 0.467. The molecule has 0 aliphatic rings. The second-order valence-electron chi connectivity index (χ2n) is 6.01. The number of hydrogen-bond donors (Lipinski definition) is 1. The molecule has 1 N–H and O–H groups in total. The van der Waals surface area contributed by atoms with Crippen molar-refractivity contribution in [2.24, 2.45) is 5.41 Å². The lowest BCUT2D eigenvalue weighted by molar-refractivity contribution is 0.239. The van der Waals surface area contributed by atoms with Crippen LogP contribution in [-0.4, -0.2) is 20.6 Å². The van der Waals surface area contributed by atoms with Crippen LogP contribution >= 0.6 is 15.9 Å². The molecule has 1 unspecified atom stereocenters. The van der Waals surface area contributed by atoms with Crippen LogP contribution in [-0.2, 0) is 13.1 Å². The first-order chi connectivity index (χ1) is 9.45. The summed E-state index contributed by atoms with van der Waals surface area (Å²) in [5.74, 6) is 0. The largest absolute Gasteiger partial charge is 0.336 e. The van der Waals surface area contributed by atoms with Crippen molar-refractivity contribution in [1.29, 1.82) is 0 Å². The average Bonchev–Trinajstić information content (AvgIpc) is 2.86. The molecule has 0 amide bonds. The molecule has 4 nitrogen and oxygen atoms in total. The zero-order valence-corrected chi connectivity index (χ0v) is 13.8. The van der Waals surface area contributed by atoms with E-state index in [1.165, 1.54) is 0 Å². The number of hydrogen-bond acceptors (Lipinski definition) is 3. The van der Waals surface area contributed by atoms with Gasteiger partial charge in [-0.1, -0.05) is 26.8 Å². The SMILES string of the molecule is CC(C)(C)C(Cn1ccnc1)NCc1cccc(Br)n1. The Labute approximate surface area is 128 Å². The maximum atomic E-state index is 4.46. The van der Waals surface area contributed by atoms with Crippen LogP contribution in [0.15, 0.2) is 41.5 Å². The van der Waals surface area contributed by atoms with Crippen LogP contribution in [0.5, 0.6) is 0 Å². The lowest BCUT2D eigenvalue weighted by atomic mass is 9.86. The smallest absolute Gasteiger partial charge is 0.106 e.